The van der Waals surface area contributed by atoms with Gasteiger partial charge in [0.05, 0.1) is 5.75 Å². The van der Waals surface area contributed by atoms with Crippen LogP contribution in [0.5, 0.6) is 0 Å². The number of fused-ring (bicyclic) bond motifs is 1. The van der Waals surface area contributed by atoms with Gasteiger partial charge in [-0.3, -0.25) is 9.89 Å². The van der Waals surface area contributed by atoms with Crippen LogP contribution in [0.2, 0.25) is 0 Å². The number of aromatic nitrogens is 4. The second-order valence-electron chi connectivity index (χ2n) is 6.10. The minimum Gasteiger partial charge on any atom is -0.361 e. The van der Waals surface area contributed by atoms with Crippen molar-refractivity contribution >= 4 is 52.1 Å². The highest BCUT2D eigenvalue weighted by Gasteiger charge is 2.08. The Morgan fingerprint density at radius 3 is 3.04 bits per heavy atom. The highest BCUT2D eigenvalue weighted by Crippen LogP contribution is 2.18. The van der Waals surface area contributed by atoms with Crippen LogP contribution in [0.3, 0.4) is 0 Å². The van der Waals surface area contributed by atoms with Crippen LogP contribution in [0.1, 0.15) is 16.3 Å². The molecule has 8 heteroatoms. The Kier molecular flexibility index (Phi) is 5.89. The van der Waals surface area contributed by atoms with Crippen LogP contribution in [0.4, 0.5) is 0 Å². The molecule has 0 saturated carbocycles. The van der Waals surface area contributed by atoms with Crippen molar-refractivity contribution in [3.05, 3.63) is 64.2 Å². The van der Waals surface area contributed by atoms with Gasteiger partial charge in [0.25, 0.3) is 0 Å². The molecule has 28 heavy (non-hydrogen) atoms. The Morgan fingerprint density at radius 2 is 2.14 bits per heavy atom. The largest absolute Gasteiger partial charge is 0.361 e. The molecular formula is C20H19N5OS2. The Bertz CT molecular complexity index is 1080. The van der Waals surface area contributed by atoms with Gasteiger partial charge in [-0.05, 0) is 41.6 Å². The van der Waals surface area contributed by atoms with Crippen molar-refractivity contribution in [1.29, 1.82) is 0 Å². The van der Waals surface area contributed by atoms with E-state index in [0.29, 0.717) is 23.3 Å². The standard InChI is InChI=1S/C20H19N5OS2/c26-19(21-10-9-14-12-22-17-6-2-1-5-16(14)17)13-28-20-23-18(24-25-20)8-7-15-4-3-11-27-15/h1-8,11-12,22H,9-10,13H2,(H,21,26)(H,23,24,25)/b8-7+. The third kappa shape index (κ3) is 4.71. The molecule has 1 aromatic carbocycles. The predicted octanol–water partition coefficient (Wildman–Crippen LogP) is 3.97. The first kappa shape index (κ1) is 18.5. The Labute approximate surface area is 170 Å². The van der Waals surface area contributed by atoms with E-state index in [-0.39, 0.29) is 5.91 Å². The quantitative estimate of drug-likeness (QED) is 0.384. The summed E-state index contributed by atoms with van der Waals surface area (Å²) in [5.74, 6) is 0.945. The minimum atomic E-state index is -0.0229. The molecule has 0 aliphatic rings. The van der Waals surface area contributed by atoms with Gasteiger partial charge in [0.2, 0.25) is 11.1 Å². The molecule has 1 amide bonds. The van der Waals surface area contributed by atoms with Gasteiger partial charge in [-0.25, -0.2) is 4.98 Å². The van der Waals surface area contributed by atoms with Crippen molar-refractivity contribution in [3.63, 3.8) is 0 Å². The maximum absolute atomic E-state index is 12.1. The smallest absolute Gasteiger partial charge is 0.230 e. The number of hydrogen-bond acceptors (Lipinski definition) is 5. The fraction of sp³-hybridized carbons (Fsp3) is 0.150. The lowest BCUT2D eigenvalue weighted by molar-refractivity contribution is -0.118. The average Bonchev–Trinajstić information content (AvgIpc) is 3.46. The first-order chi connectivity index (χ1) is 13.8. The molecule has 0 spiro atoms. The molecule has 0 fully saturated rings. The van der Waals surface area contributed by atoms with Crippen LogP contribution < -0.4 is 5.32 Å². The maximum Gasteiger partial charge on any atom is 0.230 e. The number of carbonyl (C=O) groups is 1. The number of nitrogens with one attached hydrogen (secondary N) is 3. The molecule has 6 nitrogen and oxygen atoms in total. The fourth-order valence-electron chi connectivity index (χ4n) is 2.80. The van der Waals surface area contributed by atoms with Gasteiger partial charge in [0, 0.05) is 28.5 Å². The monoisotopic (exact) mass is 409 g/mol. The van der Waals surface area contributed by atoms with Crippen LogP contribution in [0, 0.1) is 0 Å². The molecule has 4 aromatic rings. The molecule has 0 aliphatic heterocycles. The molecule has 0 unspecified atom stereocenters. The number of para-hydroxylation sites is 1. The zero-order chi connectivity index (χ0) is 19.2. The number of nitrogens with zero attached hydrogens (tertiary/aromatic N) is 2. The molecule has 4 rings (SSSR count). The summed E-state index contributed by atoms with van der Waals surface area (Å²) in [5, 5.41) is 13.8. The number of carbonyl (C=O) groups excluding carboxylic acids is 1. The van der Waals surface area contributed by atoms with E-state index in [1.54, 1.807) is 11.3 Å². The van der Waals surface area contributed by atoms with Gasteiger partial charge in [-0.2, -0.15) is 0 Å². The molecule has 0 radical (unpaired) electrons. The van der Waals surface area contributed by atoms with Crippen LogP contribution in [-0.2, 0) is 11.2 Å². The summed E-state index contributed by atoms with van der Waals surface area (Å²) < 4.78 is 0. The third-order valence-electron chi connectivity index (χ3n) is 4.15. The number of rotatable bonds is 8. The van der Waals surface area contributed by atoms with Gasteiger partial charge in [-0.1, -0.05) is 36.0 Å². The Morgan fingerprint density at radius 1 is 1.21 bits per heavy atom. The van der Waals surface area contributed by atoms with Gasteiger partial charge in [-0.15, -0.1) is 16.4 Å². The zero-order valence-electron chi connectivity index (χ0n) is 15.0. The topological polar surface area (TPSA) is 86.5 Å². The maximum atomic E-state index is 12.1. The summed E-state index contributed by atoms with van der Waals surface area (Å²) in [7, 11) is 0. The SMILES string of the molecule is O=C(CSc1n[nH]c(/C=C/c2cccs2)n1)NCCc1c[nH]c2ccccc12. The van der Waals surface area contributed by atoms with Crippen molar-refractivity contribution in [2.75, 3.05) is 12.3 Å². The van der Waals surface area contributed by atoms with Crippen LogP contribution in [0.25, 0.3) is 23.1 Å². The normalized spacial score (nSPS) is 11.4. The first-order valence-corrected chi connectivity index (χ1v) is 10.7. The van der Waals surface area contributed by atoms with Crippen LogP contribution in [0.15, 0.2) is 53.1 Å². The van der Waals surface area contributed by atoms with Gasteiger partial charge < -0.3 is 10.3 Å². The molecule has 3 heterocycles. The van der Waals surface area contributed by atoms with Gasteiger partial charge in [0.15, 0.2) is 0 Å². The number of amides is 1. The Balaban J connectivity index is 1.21. The van der Waals surface area contributed by atoms with E-state index in [4.69, 9.17) is 0 Å². The van der Waals surface area contributed by atoms with Crippen LogP contribution >= 0.6 is 23.1 Å². The van der Waals surface area contributed by atoms with E-state index >= 15 is 0 Å². The number of benzene rings is 1. The number of hydrogen-bond donors (Lipinski definition) is 3. The predicted molar refractivity (Wildman–Crippen MR) is 115 cm³/mol. The van der Waals surface area contributed by atoms with E-state index in [2.05, 4.69) is 37.6 Å². The molecule has 0 aliphatic carbocycles. The Hall–Kier alpha value is -2.84. The van der Waals surface area contributed by atoms with Crippen molar-refractivity contribution in [1.82, 2.24) is 25.5 Å². The van der Waals surface area contributed by atoms with Crippen molar-refractivity contribution in [3.8, 4) is 0 Å². The van der Waals surface area contributed by atoms with E-state index in [1.165, 1.54) is 22.7 Å². The number of thiophene rings is 1. The summed E-state index contributed by atoms with van der Waals surface area (Å²) >= 11 is 2.98. The summed E-state index contributed by atoms with van der Waals surface area (Å²) in [6.45, 7) is 0.601. The second-order valence-corrected chi connectivity index (χ2v) is 8.02. The van der Waals surface area contributed by atoms with Gasteiger partial charge >= 0.3 is 0 Å². The zero-order valence-corrected chi connectivity index (χ0v) is 16.6. The first-order valence-electron chi connectivity index (χ1n) is 8.86. The van der Waals surface area contributed by atoms with E-state index in [0.717, 1.165) is 16.8 Å². The number of thioether (sulfide) groups is 1. The van der Waals surface area contributed by atoms with Crippen molar-refractivity contribution in [2.24, 2.45) is 0 Å². The molecule has 142 valence electrons. The third-order valence-corrected chi connectivity index (χ3v) is 5.84. The number of aromatic amines is 2. The lowest BCUT2D eigenvalue weighted by Crippen LogP contribution is -2.27. The summed E-state index contributed by atoms with van der Waals surface area (Å²) in [6.07, 6.45) is 6.66. The molecule has 3 N–H and O–H groups in total. The lowest BCUT2D eigenvalue weighted by Gasteiger charge is -2.03. The molecule has 3 aromatic heterocycles. The number of H-pyrrole nitrogens is 2. The van der Waals surface area contributed by atoms with Crippen molar-refractivity contribution in [2.45, 2.75) is 11.6 Å². The van der Waals surface area contributed by atoms with E-state index < -0.39 is 0 Å². The molecular weight excluding hydrogens is 390 g/mol. The highest BCUT2D eigenvalue weighted by molar-refractivity contribution is 7.99. The summed E-state index contributed by atoms with van der Waals surface area (Å²) in [4.78, 5) is 20.9. The summed E-state index contributed by atoms with van der Waals surface area (Å²) in [5.41, 5.74) is 2.33. The van der Waals surface area contributed by atoms with E-state index in [1.807, 2.05) is 48.0 Å². The molecule has 0 atom stereocenters. The average molecular weight is 410 g/mol. The summed E-state index contributed by atoms with van der Waals surface area (Å²) in [6, 6.07) is 12.2. The van der Waals surface area contributed by atoms with E-state index in [9.17, 15) is 4.79 Å². The lowest BCUT2D eigenvalue weighted by atomic mass is 10.1. The molecule has 0 bridgehead atoms. The van der Waals surface area contributed by atoms with Crippen LogP contribution in [-0.4, -0.2) is 38.4 Å². The minimum absolute atomic E-state index is 0.0229. The second kappa shape index (κ2) is 8.90. The molecule has 0 saturated heterocycles. The van der Waals surface area contributed by atoms with Gasteiger partial charge in [0.1, 0.15) is 5.82 Å². The van der Waals surface area contributed by atoms with Crippen molar-refractivity contribution < 1.29 is 4.79 Å². The fourth-order valence-corrected chi connectivity index (χ4v) is 4.05. The highest BCUT2D eigenvalue weighted by atomic mass is 32.2.